The molecule has 0 radical (unpaired) electrons. The van der Waals surface area contributed by atoms with Crippen molar-refractivity contribution in [1.82, 2.24) is 4.57 Å². The maximum Gasteiger partial charge on any atom is 0.143 e. The molecular formula is C14H15FN4. The Morgan fingerprint density at radius 1 is 1.32 bits per heavy atom. The van der Waals surface area contributed by atoms with Gasteiger partial charge < -0.3 is 16.0 Å². The van der Waals surface area contributed by atoms with E-state index in [0.29, 0.717) is 23.6 Å². The van der Waals surface area contributed by atoms with Crippen molar-refractivity contribution in [2.45, 2.75) is 19.0 Å². The van der Waals surface area contributed by atoms with Crippen LogP contribution in [0.15, 0.2) is 41.5 Å². The molecular weight excluding hydrogens is 243 g/mol. The zero-order valence-corrected chi connectivity index (χ0v) is 10.6. The van der Waals surface area contributed by atoms with Gasteiger partial charge in [0.05, 0.1) is 12.2 Å². The van der Waals surface area contributed by atoms with E-state index in [1.54, 1.807) is 12.1 Å². The Bertz CT molecular complexity index is 674. The number of nitrogens with zero attached hydrogens (tertiary/aromatic N) is 2. The molecule has 19 heavy (non-hydrogen) atoms. The zero-order chi connectivity index (χ0) is 13.6. The summed E-state index contributed by atoms with van der Waals surface area (Å²) in [6, 6.07) is 8.33. The highest BCUT2D eigenvalue weighted by atomic mass is 19.1. The van der Waals surface area contributed by atoms with Crippen LogP contribution in [0.25, 0.3) is 0 Å². The van der Waals surface area contributed by atoms with Gasteiger partial charge in [-0.15, -0.1) is 0 Å². The van der Waals surface area contributed by atoms with Crippen LogP contribution >= 0.6 is 0 Å². The van der Waals surface area contributed by atoms with Gasteiger partial charge in [0.2, 0.25) is 0 Å². The lowest BCUT2D eigenvalue weighted by Crippen LogP contribution is -2.37. The molecule has 0 aliphatic carbocycles. The molecule has 2 heterocycles. The van der Waals surface area contributed by atoms with E-state index in [1.165, 1.54) is 6.07 Å². The van der Waals surface area contributed by atoms with Gasteiger partial charge in [0.15, 0.2) is 0 Å². The normalized spacial score (nSPS) is 21.9. The smallest absolute Gasteiger partial charge is 0.143 e. The third-order valence-electron chi connectivity index (χ3n) is 3.51. The minimum Gasteiger partial charge on any atom is -0.399 e. The molecule has 0 spiro atoms. The van der Waals surface area contributed by atoms with Crippen molar-refractivity contribution in [2.75, 3.05) is 5.73 Å². The molecule has 4 N–H and O–H groups in total. The fourth-order valence-electron chi connectivity index (χ4n) is 2.58. The molecule has 0 amide bonds. The van der Waals surface area contributed by atoms with Crippen LogP contribution in [-0.2, 0) is 12.1 Å². The highest BCUT2D eigenvalue weighted by Crippen LogP contribution is 2.34. The summed E-state index contributed by atoms with van der Waals surface area (Å²) in [5.41, 5.74) is 12.8. The van der Waals surface area contributed by atoms with E-state index in [9.17, 15) is 4.39 Å². The second kappa shape index (κ2) is 3.85. The van der Waals surface area contributed by atoms with Gasteiger partial charge >= 0.3 is 0 Å². The standard InChI is InChI=1S/C14H15FN4/c1-14(10-7-9(16)4-5-11(10)15)8-19-6-2-3-12(19)13(17)18-14/h2-7H,8,16H2,1H3,(H2,17,18). The van der Waals surface area contributed by atoms with Crippen molar-refractivity contribution in [3.05, 3.63) is 53.6 Å². The monoisotopic (exact) mass is 258 g/mol. The van der Waals surface area contributed by atoms with Crippen molar-refractivity contribution in [2.24, 2.45) is 10.7 Å². The molecule has 0 bridgehead atoms. The highest BCUT2D eigenvalue weighted by Gasteiger charge is 2.34. The summed E-state index contributed by atoms with van der Waals surface area (Å²) in [6.45, 7) is 2.40. The Labute approximate surface area is 110 Å². The molecule has 1 unspecified atom stereocenters. The number of fused-ring (bicyclic) bond motifs is 1. The molecule has 98 valence electrons. The largest absolute Gasteiger partial charge is 0.399 e. The Hall–Kier alpha value is -2.30. The van der Waals surface area contributed by atoms with Gasteiger partial charge in [-0.3, -0.25) is 4.99 Å². The van der Waals surface area contributed by atoms with Gasteiger partial charge in [0.1, 0.15) is 17.2 Å². The predicted molar refractivity (Wildman–Crippen MR) is 73.3 cm³/mol. The van der Waals surface area contributed by atoms with Crippen molar-refractivity contribution < 1.29 is 4.39 Å². The minimum atomic E-state index is -0.741. The van der Waals surface area contributed by atoms with Crippen LogP contribution in [0.3, 0.4) is 0 Å². The molecule has 0 saturated carbocycles. The minimum absolute atomic E-state index is 0.316. The van der Waals surface area contributed by atoms with Gasteiger partial charge in [-0.05, 0) is 37.3 Å². The first-order valence-corrected chi connectivity index (χ1v) is 6.06. The number of aromatic nitrogens is 1. The number of benzene rings is 1. The predicted octanol–water partition coefficient (Wildman–Crippen LogP) is 1.84. The van der Waals surface area contributed by atoms with Gasteiger partial charge in [0.25, 0.3) is 0 Å². The van der Waals surface area contributed by atoms with Crippen molar-refractivity contribution >= 4 is 11.5 Å². The molecule has 1 aromatic heterocycles. The average Bonchev–Trinajstić information content (AvgIpc) is 2.80. The molecule has 4 nitrogen and oxygen atoms in total. The second-order valence-corrected chi connectivity index (χ2v) is 5.03. The van der Waals surface area contributed by atoms with Gasteiger partial charge in [0, 0.05) is 17.4 Å². The van der Waals surface area contributed by atoms with Gasteiger partial charge in [-0.1, -0.05) is 0 Å². The van der Waals surface area contributed by atoms with Crippen LogP contribution in [0, 0.1) is 5.82 Å². The molecule has 0 fully saturated rings. The van der Waals surface area contributed by atoms with Crippen LogP contribution in [0.1, 0.15) is 18.2 Å². The number of hydrogen-bond acceptors (Lipinski definition) is 3. The Morgan fingerprint density at radius 3 is 2.89 bits per heavy atom. The van der Waals surface area contributed by atoms with Crippen LogP contribution in [0.5, 0.6) is 0 Å². The van der Waals surface area contributed by atoms with E-state index in [-0.39, 0.29) is 5.82 Å². The number of aliphatic imine (C=N–C) groups is 1. The van der Waals surface area contributed by atoms with Gasteiger partial charge in [-0.2, -0.15) is 0 Å². The molecule has 1 aliphatic rings. The van der Waals surface area contributed by atoms with Crippen LogP contribution < -0.4 is 11.5 Å². The van der Waals surface area contributed by atoms with E-state index in [4.69, 9.17) is 11.5 Å². The average molecular weight is 258 g/mol. The fraction of sp³-hybridized carbons (Fsp3) is 0.214. The van der Waals surface area contributed by atoms with Crippen LogP contribution in [0.2, 0.25) is 0 Å². The van der Waals surface area contributed by atoms with E-state index in [1.807, 2.05) is 29.8 Å². The summed E-state index contributed by atoms with van der Waals surface area (Å²) >= 11 is 0. The SMILES string of the molecule is CC1(c2cc(N)ccc2F)Cn2cccc2C(N)=N1. The van der Waals surface area contributed by atoms with Crippen molar-refractivity contribution in [3.8, 4) is 0 Å². The first-order chi connectivity index (χ1) is 8.99. The Balaban J connectivity index is 2.15. The van der Waals surface area contributed by atoms with Crippen molar-refractivity contribution in [3.63, 3.8) is 0 Å². The summed E-state index contributed by atoms with van der Waals surface area (Å²) < 4.78 is 16.0. The lowest BCUT2D eigenvalue weighted by Gasteiger charge is -2.32. The number of anilines is 1. The molecule has 2 aromatic rings. The lowest BCUT2D eigenvalue weighted by molar-refractivity contribution is 0.385. The first kappa shape index (κ1) is 11.8. The molecule has 5 heteroatoms. The summed E-state index contributed by atoms with van der Waals surface area (Å²) in [4.78, 5) is 4.48. The van der Waals surface area contributed by atoms with Gasteiger partial charge in [-0.25, -0.2) is 4.39 Å². The quantitative estimate of drug-likeness (QED) is 0.766. The first-order valence-electron chi connectivity index (χ1n) is 6.06. The Kier molecular flexibility index (Phi) is 2.38. The van der Waals surface area contributed by atoms with E-state index >= 15 is 0 Å². The molecule has 3 rings (SSSR count). The number of nitrogens with two attached hydrogens (primary N) is 2. The molecule has 1 aliphatic heterocycles. The highest BCUT2D eigenvalue weighted by molar-refractivity contribution is 5.97. The molecule has 0 saturated heterocycles. The fourth-order valence-corrected chi connectivity index (χ4v) is 2.58. The van der Waals surface area contributed by atoms with E-state index in [0.717, 1.165) is 5.69 Å². The summed E-state index contributed by atoms with van der Waals surface area (Å²) in [5.74, 6) is 0.101. The lowest BCUT2D eigenvalue weighted by atomic mass is 9.90. The molecule has 1 aromatic carbocycles. The van der Waals surface area contributed by atoms with Crippen LogP contribution in [-0.4, -0.2) is 10.4 Å². The topological polar surface area (TPSA) is 69.3 Å². The number of rotatable bonds is 1. The third kappa shape index (κ3) is 1.78. The Morgan fingerprint density at radius 2 is 2.11 bits per heavy atom. The molecule has 1 atom stereocenters. The number of amidine groups is 1. The maximum absolute atomic E-state index is 14.1. The van der Waals surface area contributed by atoms with E-state index < -0.39 is 5.54 Å². The second-order valence-electron chi connectivity index (χ2n) is 5.03. The number of nitrogen functional groups attached to an aromatic ring is 1. The van der Waals surface area contributed by atoms with Crippen LogP contribution in [0.4, 0.5) is 10.1 Å². The third-order valence-corrected chi connectivity index (χ3v) is 3.51. The number of halogens is 1. The maximum atomic E-state index is 14.1. The number of hydrogen-bond donors (Lipinski definition) is 2. The summed E-state index contributed by atoms with van der Waals surface area (Å²) in [5, 5.41) is 0. The van der Waals surface area contributed by atoms with E-state index in [2.05, 4.69) is 4.99 Å². The van der Waals surface area contributed by atoms with Crippen molar-refractivity contribution in [1.29, 1.82) is 0 Å². The zero-order valence-electron chi connectivity index (χ0n) is 10.6. The summed E-state index contributed by atoms with van der Waals surface area (Å²) in [6.07, 6.45) is 1.92. The summed E-state index contributed by atoms with van der Waals surface area (Å²) in [7, 11) is 0.